The van der Waals surface area contributed by atoms with Gasteiger partial charge in [-0.3, -0.25) is 14.9 Å². The molecule has 3 N–H and O–H groups in total. The van der Waals surface area contributed by atoms with Crippen LogP contribution in [-0.4, -0.2) is 34.0 Å². The van der Waals surface area contributed by atoms with E-state index in [0.29, 0.717) is 0 Å². The van der Waals surface area contributed by atoms with Crippen LogP contribution in [0.25, 0.3) is 0 Å². The average Bonchev–Trinajstić information content (AvgIpc) is 3.22. The molecule has 8 heteroatoms. The number of hydrogen-bond donors (Lipinski definition) is 3. The Balaban J connectivity index is 2.19. The summed E-state index contributed by atoms with van der Waals surface area (Å²) in [6.07, 6.45) is 1.88. The largest absolute Gasteiger partial charge is 0.478 e. The van der Waals surface area contributed by atoms with Crippen LogP contribution in [0.5, 0.6) is 0 Å². The van der Waals surface area contributed by atoms with Gasteiger partial charge in [0.05, 0.1) is 10.5 Å². The molecule has 1 amide bonds. The van der Waals surface area contributed by atoms with Gasteiger partial charge in [0.2, 0.25) is 5.91 Å². The normalized spacial score (nSPS) is 15.1. The third kappa shape index (κ3) is 3.68. The quantitative estimate of drug-likeness (QED) is 0.538. The molecule has 0 spiro atoms. The van der Waals surface area contributed by atoms with Gasteiger partial charge in [0.15, 0.2) is 0 Å². The summed E-state index contributed by atoms with van der Waals surface area (Å²) < 4.78 is 0. The molecule has 1 aromatic rings. The Morgan fingerprint density at radius 1 is 1.43 bits per heavy atom. The third-order valence-corrected chi connectivity index (χ3v) is 3.13. The molecule has 1 aliphatic rings. The average molecular weight is 293 g/mol. The van der Waals surface area contributed by atoms with Crippen molar-refractivity contribution in [1.82, 2.24) is 5.32 Å². The van der Waals surface area contributed by atoms with Crippen LogP contribution in [0.15, 0.2) is 18.2 Å². The van der Waals surface area contributed by atoms with Gasteiger partial charge in [-0.1, -0.05) is 0 Å². The zero-order chi connectivity index (χ0) is 15.6. The zero-order valence-electron chi connectivity index (χ0n) is 11.3. The van der Waals surface area contributed by atoms with Gasteiger partial charge in [-0.05, 0) is 31.9 Å². The lowest BCUT2D eigenvalue weighted by atomic mass is 10.1. The highest BCUT2D eigenvalue weighted by atomic mass is 16.6. The number of carbonyl (C=O) groups excluding carboxylic acids is 1. The fourth-order valence-corrected chi connectivity index (χ4v) is 1.80. The van der Waals surface area contributed by atoms with E-state index in [1.807, 2.05) is 0 Å². The molecule has 0 aliphatic heterocycles. The number of nitrogens with zero attached hydrogens (tertiary/aromatic N) is 1. The van der Waals surface area contributed by atoms with Crippen LogP contribution in [0, 0.1) is 10.1 Å². The summed E-state index contributed by atoms with van der Waals surface area (Å²) in [4.78, 5) is 33.1. The van der Waals surface area contributed by atoms with Crippen LogP contribution in [0.1, 0.15) is 30.1 Å². The molecule has 0 radical (unpaired) electrons. The summed E-state index contributed by atoms with van der Waals surface area (Å²) in [6.45, 7) is 1.56. The molecule has 1 fully saturated rings. The summed E-state index contributed by atoms with van der Waals surface area (Å²) in [5, 5.41) is 25.4. The first-order chi connectivity index (χ1) is 9.88. The Bertz CT molecular complexity index is 597. The molecule has 0 bridgehead atoms. The maximum atomic E-state index is 11.8. The zero-order valence-corrected chi connectivity index (χ0v) is 11.3. The van der Waals surface area contributed by atoms with Gasteiger partial charge in [-0.25, -0.2) is 4.79 Å². The van der Waals surface area contributed by atoms with Gasteiger partial charge < -0.3 is 15.7 Å². The monoisotopic (exact) mass is 293 g/mol. The van der Waals surface area contributed by atoms with Crippen molar-refractivity contribution in [2.45, 2.75) is 31.8 Å². The Kier molecular flexibility index (Phi) is 4.06. The third-order valence-electron chi connectivity index (χ3n) is 3.13. The highest BCUT2D eigenvalue weighted by Crippen LogP contribution is 2.26. The van der Waals surface area contributed by atoms with Crippen LogP contribution < -0.4 is 10.6 Å². The Morgan fingerprint density at radius 3 is 2.62 bits per heavy atom. The molecular formula is C13H15N3O5. The van der Waals surface area contributed by atoms with Gasteiger partial charge in [-0.15, -0.1) is 0 Å². The van der Waals surface area contributed by atoms with Gasteiger partial charge in [0, 0.05) is 12.1 Å². The molecule has 1 unspecified atom stereocenters. The standard InChI is InChI=1S/C13H15N3O5/c1-7(12(17)15-9-3-4-9)14-10-6-8(13(18)19)2-5-11(10)16(20)21/h2,5-7,9,14H,3-4H2,1H3,(H,15,17)(H,18,19). The molecule has 1 aromatic carbocycles. The van der Waals surface area contributed by atoms with Crippen LogP contribution in [0.4, 0.5) is 11.4 Å². The van der Waals surface area contributed by atoms with Crippen molar-refractivity contribution < 1.29 is 19.6 Å². The number of rotatable bonds is 6. The number of nitrogens with one attached hydrogen (secondary N) is 2. The Labute approximate surface area is 120 Å². The van der Waals surface area contributed by atoms with Crippen molar-refractivity contribution in [2.75, 3.05) is 5.32 Å². The van der Waals surface area contributed by atoms with E-state index in [4.69, 9.17) is 5.11 Å². The number of nitro groups is 1. The van der Waals surface area contributed by atoms with Gasteiger partial charge in [0.25, 0.3) is 5.69 Å². The molecule has 1 aliphatic carbocycles. The van der Waals surface area contributed by atoms with Crippen LogP contribution in [0.2, 0.25) is 0 Å². The first-order valence-corrected chi connectivity index (χ1v) is 6.47. The number of nitro benzene ring substituents is 1. The predicted molar refractivity (Wildman–Crippen MR) is 74.3 cm³/mol. The number of carboxylic acid groups (broad SMARTS) is 1. The van der Waals surface area contributed by atoms with E-state index in [1.54, 1.807) is 6.92 Å². The number of aromatic carboxylic acids is 1. The molecule has 1 atom stereocenters. The summed E-state index contributed by atoms with van der Waals surface area (Å²) in [5.41, 5.74) is -0.345. The van der Waals surface area contributed by atoms with E-state index < -0.39 is 16.9 Å². The molecule has 0 aromatic heterocycles. The Morgan fingerprint density at radius 2 is 2.10 bits per heavy atom. The molecule has 21 heavy (non-hydrogen) atoms. The van der Waals surface area contributed by atoms with Crippen molar-refractivity contribution >= 4 is 23.3 Å². The summed E-state index contributed by atoms with van der Waals surface area (Å²) >= 11 is 0. The van der Waals surface area contributed by atoms with Crippen molar-refractivity contribution in [1.29, 1.82) is 0 Å². The highest BCUT2D eigenvalue weighted by Gasteiger charge is 2.26. The molecule has 8 nitrogen and oxygen atoms in total. The maximum absolute atomic E-state index is 11.8. The van der Waals surface area contributed by atoms with Crippen molar-refractivity contribution in [2.24, 2.45) is 0 Å². The summed E-state index contributed by atoms with van der Waals surface area (Å²) in [7, 11) is 0. The first-order valence-electron chi connectivity index (χ1n) is 6.47. The predicted octanol–water partition coefficient (Wildman–Crippen LogP) is 1.37. The van der Waals surface area contributed by atoms with E-state index >= 15 is 0 Å². The van der Waals surface area contributed by atoms with E-state index in [0.717, 1.165) is 31.0 Å². The molecular weight excluding hydrogens is 278 g/mol. The number of benzene rings is 1. The molecule has 0 heterocycles. The van der Waals surface area contributed by atoms with Crippen LogP contribution in [0.3, 0.4) is 0 Å². The number of carbonyl (C=O) groups is 2. The summed E-state index contributed by atoms with van der Waals surface area (Å²) in [6, 6.07) is 2.90. The van der Waals surface area contributed by atoms with E-state index in [-0.39, 0.29) is 28.9 Å². The Hall–Kier alpha value is -2.64. The number of amides is 1. The van der Waals surface area contributed by atoms with E-state index in [2.05, 4.69) is 10.6 Å². The van der Waals surface area contributed by atoms with Crippen LogP contribution in [-0.2, 0) is 4.79 Å². The van der Waals surface area contributed by atoms with E-state index in [9.17, 15) is 19.7 Å². The van der Waals surface area contributed by atoms with Gasteiger partial charge in [-0.2, -0.15) is 0 Å². The maximum Gasteiger partial charge on any atom is 0.335 e. The second-order valence-electron chi connectivity index (χ2n) is 4.94. The van der Waals surface area contributed by atoms with Gasteiger partial charge in [0.1, 0.15) is 11.7 Å². The highest BCUT2D eigenvalue weighted by molar-refractivity contribution is 5.91. The van der Waals surface area contributed by atoms with Crippen molar-refractivity contribution in [3.8, 4) is 0 Å². The molecule has 112 valence electrons. The molecule has 1 saturated carbocycles. The lowest BCUT2D eigenvalue weighted by Gasteiger charge is -2.15. The van der Waals surface area contributed by atoms with E-state index in [1.165, 1.54) is 0 Å². The minimum absolute atomic E-state index is 0.0124. The topological polar surface area (TPSA) is 122 Å². The van der Waals surface area contributed by atoms with Crippen molar-refractivity contribution in [3.63, 3.8) is 0 Å². The SMILES string of the molecule is CC(Nc1cc(C(=O)O)ccc1[N+](=O)[O-])C(=O)NC1CC1. The number of hydrogen-bond acceptors (Lipinski definition) is 5. The second kappa shape index (κ2) is 5.78. The van der Waals surface area contributed by atoms with Gasteiger partial charge >= 0.3 is 5.97 Å². The van der Waals surface area contributed by atoms with Crippen molar-refractivity contribution in [3.05, 3.63) is 33.9 Å². The first kappa shape index (κ1) is 14.8. The lowest BCUT2D eigenvalue weighted by molar-refractivity contribution is -0.384. The fourth-order valence-electron chi connectivity index (χ4n) is 1.80. The fraction of sp³-hybridized carbons (Fsp3) is 0.385. The van der Waals surface area contributed by atoms with Crippen LogP contribution >= 0.6 is 0 Å². The minimum atomic E-state index is -1.19. The minimum Gasteiger partial charge on any atom is -0.478 e. The second-order valence-corrected chi connectivity index (χ2v) is 4.94. The number of carboxylic acids is 1. The smallest absolute Gasteiger partial charge is 0.335 e. The lowest BCUT2D eigenvalue weighted by Crippen LogP contribution is -2.38. The number of anilines is 1. The summed E-state index contributed by atoms with van der Waals surface area (Å²) in [5.74, 6) is -1.46. The molecule has 2 rings (SSSR count). The molecule has 0 saturated heterocycles.